The average molecular weight is 468 g/mol. The van der Waals surface area contributed by atoms with E-state index in [0.717, 1.165) is 16.8 Å². The van der Waals surface area contributed by atoms with Gasteiger partial charge < -0.3 is 9.88 Å². The molecule has 0 aliphatic heterocycles. The van der Waals surface area contributed by atoms with Crippen molar-refractivity contribution in [1.82, 2.24) is 14.9 Å². The lowest BCUT2D eigenvalue weighted by Crippen LogP contribution is -2.31. The standard InChI is InChI=1S/C25H23ClFN3OS/c1-32-15-14-22(29-25(31)17-8-3-2-4-9-17)24-28-21-12-5-6-13-23(21)30(24)16-18-19(26)10-7-11-20(18)27/h2-13,22H,14-16H2,1H3,(H,29,31)/t22-/m0/s1. The van der Waals surface area contributed by atoms with E-state index < -0.39 is 0 Å². The van der Waals surface area contributed by atoms with Crippen molar-refractivity contribution in [3.8, 4) is 0 Å². The molecule has 0 aliphatic rings. The van der Waals surface area contributed by atoms with Crippen molar-refractivity contribution in [1.29, 1.82) is 0 Å². The minimum Gasteiger partial charge on any atom is -0.342 e. The van der Waals surface area contributed by atoms with Crippen LogP contribution in [0.1, 0.15) is 34.2 Å². The lowest BCUT2D eigenvalue weighted by molar-refractivity contribution is 0.0933. The zero-order valence-electron chi connectivity index (χ0n) is 17.6. The van der Waals surface area contributed by atoms with Crippen LogP contribution in [0.15, 0.2) is 72.8 Å². The molecule has 1 amide bonds. The third kappa shape index (κ3) is 4.81. The number of nitrogens with zero attached hydrogens (tertiary/aromatic N) is 2. The number of carbonyl (C=O) groups is 1. The number of hydrogen-bond donors (Lipinski definition) is 1. The number of halogens is 2. The largest absolute Gasteiger partial charge is 0.342 e. The molecular formula is C25H23ClFN3OS. The van der Waals surface area contributed by atoms with Crippen molar-refractivity contribution in [2.75, 3.05) is 12.0 Å². The Labute approximate surface area is 195 Å². The molecule has 1 heterocycles. The fourth-order valence-corrected chi connectivity index (χ4v) is 4.39. The molecule has 32 heavy (non-hydrogen) atoms. The molecule has 3 aromatic carbocycles. The Hall–Kier alpha value is -2.83. The Kier molecular flexibility index (Phi) is 7.12. The smallest absolute Gasteiger partial charge is 0.251 e. The molecule has 4 aromatic rings. The Morgan fingerprint density at radius 3 is 2.59 bits per heavy atom. The van der Waals surface area contributed by atoms with Gasteiger partial charge in [-0.05, 0) is 54.8 Å². The molecule has 0 saturated carbocycles. The van der Waals surface area contributed by atoms with Gasteiger partial charge in [-0.1, -0.05) is 48.0 Å². The van der Waals surface area contributed by atoms with Crippen LogP contribution < -0.4 is 5.32 Å². The third-order valence-corrected chi connectivity index (χ3v) is 6.32. The van der Waals surface area contributed by atoms with Gasteiger partial charge in [0.25, 0.3) is 5.91 Å². The summed E-state index contributed by atoms with van der Waals surface area (Å²) in [5.41, 5.74) is 2.64. The molecule has 1 N–H and O–H groups in total. The van der Waals surface area contributed by atoms with Gasteiger partial charge in [0.05, 0.1) is 23.6 Å². The van der Waals surface area contributed by atoms with Gasteiger partial charge in [-0.15, -0.1) is 0 Å². The number of para-hydroxylation sites is 2. The van der Waals surface area contributed by atoms with Crippen molar-refractivity contribution in [3.05, 3.63) is 101 Å². The predicted octanol–water partition coefficient (Wildman–Crippen LogP) is 6.10. The van der Waals surface area contributed by atoms with E-state index in [4.69, 9.17) is 16.6 Å². The monoisotopic (exact) mass is 467 g/mol. The number of benzene rings is 3. The van der Waals surface area contributed by atoms with Gasteiger partial charge in [0.2, 0.25) is 0 Å². The van der Waals surface area contributed by atoms with E-state index in [9.17, 15) is 9.18 Å². The van der Waals surface area contributed by atoms with Crippen LogP contribution in [0.2, 0.25) is 5.02 Å². The maximum Gasteiger partial charge on any atom is 0.251 e. The highest BCUT2D eigenvalue weighted by Gasteiger charge is 2.23. The van der Waals surface area contributed by atoms with Crippen LogP contribution in [-0.2, 0) is 6.54 Å². The molecular weight excluding hydrogens is 445 g/mol. The van der Waals surface area contributed by atoms with Gasteiger partial charge in [0.15, 0.2) is 0 Å². The second kappa shape index (κ2) is 10.2. The summed E-state index contributed by atoms with van der Waals surface area (Å²) in [5, 5.41) is 3.50. The van der Waals surface area contributed by atoms with Crippen molar-refractivity contribution in [2.24, 2.45) is 0 Å². The first kappa shape index (κ1) is 22.4. The van der Waals surface area contributed by atoms with E-state index in [1.165, 1.54) is 6.07 Å². The molecule has 0 bridgehead atoms. The highest BCUT2D eigenvalue weighted by atomic mass is 35.5. The van der Waals surface area contributed by atoms with Crippen LogP contribution in [0.3, 0.4) is 0 Å². The van der Waals surface area contributed by atoms with E-state index in [-0.39, 0.29) is 24.3 Å². The van der Waals surface area contributed by atoms with Gasteiger partial charge in [-0.2, -0.15) is 11.8 Å². The molecule has 0 saturated heterocycles. The van der Waals surface area contributed by atoms with Crippen molar-refractivity contribution >= 4 is 40.3 Å². The number of carbonyl (C=O) groups excluding carboxylic acids is 1. The summed E-state index contributed by atoms with van der Waals surface area (Å²) in [6.07, 6.45) is 2.71. The number of rotatable bonds is 8. The van der Waals surface area contributed by atoms with E-state index in [2.05, 4.69) is 5.32 Å². The maximum atomic E-state index is 14.6. The number of aromatic nitrogens is 2. The highest BCUT2D eigenvalue weighted by molar-refractivity contribution is 7.98. The van der Waals surface area contributed by atoms with E-state index in [0.29, 0.717) is 28.4 Å². The Morgan fingerprint density at radius 2 is 1.84 bits per heavy atom. The number of amides is 1. The van der Waals surface area contributed by atoms with Crippen LogP contribution in [-0.4, -0.2) is 27.5 Å². The summed E-state index contributed by atoms with van der Waals surface area (Å²) in [6, 6.07) is 21.2. The fraction of sp³-hybridized carbons (Fsp3) is 0.200. The minimum atomic E-state index is -0.366. The topological polar surface area (TPSA) is 46.9 Å². The first-order chi connectivity index (χ1) is 15.6. The van der Waals surface area contributed by atoms with E-state index >= 15 is 0 Å². The molecule has 0 aliphatic carbocycles. The lowest BCUT2D eigenvalue weighted by Gasteiger charge is -2.20. The van der Waals surface area contributed by atoms with Crippen molar-refractivity contribution < 1.29 is 9.18 Å². The van der Waals surface area contributed by atoms with Crippen LogP contribution in [0.25, 0.3) is 11.0 Å². The van der Waals surface area contributed by atoms with Crippen LogP contribution in [0.5, 0.6) is 0 Å². The predicted molar refractivity (Wildman–Crippen MR) is 130 cm³/mol. The first-order valence-corrected chi connectivity index (χ1v) is 12.1. The van der Waals surface area contributed by atoms with E-state index in [1.54, 1.807) is 36.0 Å². The number of nitrogens with one attached hydrogen (secondary N) is 1. The molecule has 0 unspecified atom stereocenters. The SMILES string of the molecule is CSCC[C@H](NC(=O)c1ccccc1)c1nc2ccccc2n1Cc1c(F)cccc1Cl. The molecule has 7 heteroatoms. The number of imidazole rings is 1. The van der Waals surface area contributed by atoms with Gasteiger partial charge >= 0.3 is 0 Å². The summed E-state index contributed by atoms with van der Waals surface area (Å²) in [7, 11) is 0. The molecule has 4 rings (SSSR count). The zero-order chi connectivity index (χ0) is 22.5. The molecule has 0 fully saturated rings. The Morgan fingerprint density at radius 1 is 1.09 bits per heavy atom. The summed E-state index contributed by atoms with van der Waals surface area (Å²) in [6.45, 7) is 0.221. The molecule has 1 aromatic heterocycles. The van der Waals surface area contributed by atoms with Crippen molar-refractivity contribution in [2.45, 2.75) is 19.0 Å². The Balaban J connectivity index is 1.77. The van der Waals surface area contributed by atoms with Gasteiger partial charge in [0, 0.05) is 16.1 Å². The molecule has 0 radical (unpaired) electrons. The average Bonchev–Trinajstić information content (AvgIpc) is 3.18. The van der Waals surface area contributed by atoms with Gasteiger partial charge in [0.1, 0.15) is 11.6 Å². The molecule has 1 atom stereocenters. The van der Waals surface area contributed by atoms with Crippen LogP contribution in [0.4, 0.5) is 4.39 Å². The van der Waals surface area contributed by atoms with Crippen LogP contribution >= 0.6 is 23.4 Å². The minimum absolute atomic E-state index is 0.167. The van der Waals surface area contributed by atoms with Crippen LogP contribution in [0, 0.1) is 5.82 Å². The summed E-state index contributed by atoms with van der Waals surface area (Å²) < 4.78 is 16.6. The maximum absolute atomic E-state index is 14.6. The number of thioether (sulfide) groups is 1. The second-order valence-corrected chi connectivity index (χ2v) is 8.81. The number of hydrogen-bond acceptors (Lipinski definition) is 3. The summed E-state index contributed by atoms with van der Waals surface area (Å²) >= 11 is 8.03. The Bertz CT molecular complexity index is 1210. The zero-order valence-corrected chi connectivity index (χ0v) is 19.2. The third-order valence-electron chi connectivity index (χ3n) is 5.33. The lowest BCUT2D eigenvalue weighted by atomic mass is 10.1. The number of fused-ring (bicyclic) bond motifs is 1. The molecule has 4 nitrogen and oxygen atoms in total. The summed E-state index contributed by atoms with van der Waals surface area (Å²) in [4.78, 5) is 17.8. The summed E-state index contributed by atoms with van der Waals surface area (Å²) in [5.74, 6) is 0.988. The van der Waals surface area contributed by atoms with Gasteiger partial charge in [-0.3, -0.25) is 4.79 Å². The second-order valence-electron chi connectivity index (χ2n) is 7.42. The first-order valence-electron chi connectivity index (χ1n) is 10.3. The molecule has 164 valence electrons. The highest BCUT2D eigenvalue weighted by Crippen LogP contribution is 2.28. The van der Waals surface area contributed by atoms with Crippen molar-refractivity contribution in [3.63, 3.8) is 0 Å². The molecule has 0 spiro atoms. The van der Waals surface area contributed by atoms with E-state index in [1.807, 2.05) is 53.3 Å². The fourth-order valence-electron chi connectivity index (χ4n) is 3.70. The normalized spacial score (nSPS) is 12.1. The quantitative estimate of drug-likeness (QED) is 0.340. The van der Waals surface area contributed by atoms with Gasteiger partial charge in [-0.25, -0.2) is 9.37 Å².